The molecule has 0 radical (unpaired) electrons. The van der Waals surface area contributed by atoms with Gasteiger partial charge in [-0.1, -0.05) is 6.07 Å². The number of hydrogen-bond donors (Lipinski definition) is 0. The molecule has 1 aromatic rings. The fourth-order valence-electron chi connectivity index (χ4n) is 4.59. The van der Waals surface area contributed by atoms with Gasteiger partial charge in [-0.2, -0.15) is 0 Å². The Bertz CT molecular complexity index is 604. The number of nitrogens with zero attached hydrogens (tertiary/aromatic N) is 3. The first-order valence-corrected chi connectivity index (χ1v) is 9.60. The topological polar surface area (TPSA) is 45.7 Å². The van der Waals surface area contributed by atoms with E-state index in [1.807, 2.05) is 29.3 Å². The molecule has 2 saturated heterocycles. The van der Waals surface area contributed by atoms with E-state index in [9.17, 15) is 4.79 Å². The van der Waals surface area contributed by atoms with Crippen LogP contribution in [-0.4, -0.2) is 60.0 Å². The maximum atomic E-state index is 11.8. The van der Waals surface area contributed by atoms with Gasteiger partial charge in [0.2, 0.25) is 5.91 Å². The molecular formula is C20H29N3O2. The second-order valence-corrected chi connectivity index (χ2v) is 8.22. The fourth-order valence-corrected chi connectivity index (χ4v) is 4.59. The molecule has 3 heterocycles. The normalized spacial score (nSPS) is 29.6. The number of hydrogen-bond acceptors (Lipinski definition) is 4. The van der Waals surface area contributed by atoms with Gasteiger partial charge in [-0.25, -0.2) is 0 Å². The van der Waals surface area contributed by atoms with Gasteiger partial charge >= 0.3 is 0 Å². The highest BCUT2D eigenvalue weighted by atomic mass is 16.5. The van der Waals surface area contributed by atoms with Crippen LogP contribution in [0.3, 0.4) is 0 Å². The largest absolute Gasteiger partial charge is 0.375 e. The Balaban J connectivity index is 1.38. The van der Waals surface area contributed by atoms with E-state index in [1.165, 1.54) is 19.4 Å². The molecule has 0 aromatic carbocycles. The number of carbonyl (C=O) groups excluding carboxylic acids is 1. The van der Waals surface area contributed by atoms with Crippen molar-refractivity contribution >= 4 is 5.91 Å². The minimum Gasteiger partial charge on any atom is -0.375 e. The zero-order valence-corrected chi connectivity index (χ0v) is 15.2. The summed E-state index contributed by atoms with van der Waals surface area (Å²) in [6.07, 6.45) is 5.72. The predicted molar refractivity (Wildman–Crippen MR) is 95.9 cm³/mol. The Labute approximate surface area is 150 Å². The minimum absolute atomic E-state index is 0.214. The highest BCUT2D eigenvalue weighted by molar-refractivity contribution is 5.73. The molecule has 1 spiro atoms. The van der Waals surface area contributed by atoms with Gasteiger partial charge in [0, 0.05) is 57.2 Å². The molecular weight excluding hydrogens is 314 g/mol. The van der Waals surface area contributed by atoms with Gasteiger partial charge in [0.1, 0.15) is 0 Å². The monoisotopic (exact) mass is 343 g/mol. The second kappa shape index (κ2) is 7.04. The van der Waals surface area contributed by atoms with Crippen LogP contribution in [0.4, 0.5) is 0 Å². The summed E-state index contributed by atoms with van der Waals surface area (Å²) in [5.74, 6) is 1.64. The third-order valence-electron chi connectivity index (χ3n) is 6.22. The Morgan fingerprint density at radius 1 is 1.36 bits per heavy atom. The number of carbonyl (C=O) groups is 1. The Morgan fingerprint density at radius 3 is 2.92 bits per heavy atom. The van der Waals surface area contributed by atoms with Crippen LogP contribution < -0.4 is 0 Å². The van der Waals surface area contributed by atoms with Crippen LogP contribution in [0.5, 0.6) is 0 Å². The summed E-state index contributed by atoms with van der Waals surface area (Å²) in [7, 11) is 0. The molecule has 3 aliphatic rings. The zero-order valence-electron chi connectivity index (χ0n) is 15.2. The van der Waals surface area contributed by atoms with Crippen molar-refractivity contribution in [3.05, 3.63) is 30.1 Å². The van der Waals surface area contributed by atoms with Crippen LogP contribution in [0.25, 0.3) is 0 Å². The van der Waals surface area contributed by atoms with Gasteiger partial charge in [-0.15, -0.1) is 0 Å². The number of rotatable bonds is 6. The first-order valence-electron chi connectivity index (χ1n) is 9.60. The van der Waals surface area contributed by atoms with Crippen LogP contribution in [0.2, 0.25) is 0 Å². The summed E-state index contributed by atoms with van der Waals surface area (Å²) in [5.41, 5.74) is 1.21. The summed E-state index contributed by atoms with van der Waals surface area (Å²) in [4.78, 5) is 20.8. The van der Waals surface area contributed by atoms with E-state index in [0.29, 0.717) is 12.5 Å². The summed E-state index contributed by atoms with van der Waals surface area (Å²) in [5, 5.41) is 0. The number of amides is 1. The molecule has 3 fully saturated rings. The van der Waals surface area contributed by atoms with E-state index in [1.54, 1.807) is 6.92 Å². The van der Waals surface area contributed by atoms with Crippen LogP contribution in [0.15, 0.2) is 24.4 Å². The quantitative estimate of drug-likeness (QED) is 0.794. The van der Waals surface area contributed by atoms with Crippen molar-refractivity contribution in [2.75, 3.05) is 39.3 Å². The average molecular weight is 343 g/mol. The van der Waals surface area contributed by atoms with E-state index < -0.39 is 0 Å². The molecule has 1 saturated carbocycles. The first-order chi connectivity index (χ1) is 12.1. The molecule has 0 bridgehead atoms. The highest BCUT2D eigenvalue weighted by Crippen LogP contribution is 2.45. The zero-order chi connectivity index (χ0) is 17.3. The molecule has 0 unspecified atom stereocenters. The van der Waals surface area contributed by atoms with Crippen molar-refractivity contribution in [1.82, 2.24) is 14.8 Å². The molecule has 0 N–H and O–H groups in total. The third-order valence-corrected chi connectivity index (χ3v) is 6.22. The fraction of sp³-hybridized carbons (Fsp3) is 0.700. The van der Waals surface area contributed by atoms with E-state index in [-0.39, 0.29) is 11.3 Å². The van der Waals surface area contributed by atoms with Crippen molar-refractivity contribution in [2.45, 2.75) is 32.8 Å². The Hall–Kier alpha value is -1.46. The molecule has 1 aromatic heterocycles. The minimum atomic E-state index is 0.214. The lowest BCUT2D eigenvalue weighted by Crippen LogP contribution is -2.37. The second-order valence-electron chi connectivity index (χ2n) is 8.22. The van der Waals surface area contributed by atoms with Crippen LogP contribution in [0, 0.1) is 17.3 Å². The molecule has 4 rings (SSSR count). The van der Waals surface area contributed by atoms with Crippen molar-refractivity contribution in [2.24, 2.45) is 17.3 Å². The summed E-state index contributed by atoms with van der Waals surface area (Å²) >= 11 is 0. The lowest BCUT2D eigenvalue weighted by Gasteiger charge is -2.30. The number of pyridine rings is 1. The number of likely N-dealkylation sites (tertiary alicyclic amines) is 2. The maximum Gasteiger partial charge on any atom is 0.219 e. The van der Waals surface area contributed by atoms with Crippen LogP contribution in [0.1, 0.15) is 31.9 Å². The van der Waals surface area contributed by atoms with Gasteiger partial charge in [0.25, 0.3) is 0 Å². The van der Waals surface area contributed by atoms with Crippen LogP contribution >= 0.6 is 0 Å². The SMILES string of the molecule is CC(=O)N1CC[C@@]2(CN(CC3CC3)C[C@@H]2COCc2ccccn2)C1. The molecule has 1 amide bonds. The highest BCUT2D eigenvalue weighted by Gasteiger charge is 2.51. The molecule has 136 valence electrons. The van der Waals surface area contributed by atoms with E-state index in [4.69, 9.17) is 4.74 Å². The number of aromatic nitrogens is 1. The molecule has 25 heavy (non-hydrogen) atoms. The summed E-state index contributed by atoms with van der Waals surface area (Å²) in [6.45, 7) is 8.33. The molecule has 5 heteroatoms. The number of ether oxygens (including phenoxy) is 1. The van der Waals surface area contributed by atoms with E-state index in [2.05, 4.69) is 9.88 Å². The summed E-state index contributed by atoms with van der Waals surface area (Å²) < 4.78 is 6.06. The lowest BCUT2D eigenvalue weighted by molar-refractivity contribution is -0.128. The van der Waals surface area contributed by atoms with Crippen molar-refractivity contribution in [3.63, 3.8) is 0 Å². The van der Waals surface area contributed by atoms with Gasteiger partial charge in [0.05, 0.1) is 18.9 Å². The van der Waals surface area contributed by atoms with Gasteiger partial charge in [-0.05, 0) is 37.3 Å². The molecule has 2 aliphatic heterocycles. The van der Waals surface area contributed by atoms with Gasteiger partial charge < -0.3 is 14.5 Å². The maximum absolute atomic E-state index is 11.8. The molecule has 1 aliphatic carbocycles. The Morgan fingerprint density at radius 2 is 2.24 bits per heavy atom. The van der Waals surface area contributed by atoms with Crippen LogP contribution in [-0.2, 0) is 16.1 Å². The van der Waals surface area contributed by atoms with E-state index >= 15 is 0 Å². The lowest BCUT2D eigenvalue weighted by atomic mass is 9.77. The predicted octanol–water partition coefficient (Wildman–Crippen LogP) is 2.18. The summed E-state index contributed by atoms with van der Waals surface area (Å²) in [6, 6.07) is 5.94. The van der Waals surface area contributed by atoms with Gasteiger partial charge in [-0.3, -0.25) is 9.78 Å². The van der Waals surface area contributed by atoms with E-state index in [0.717, 1.165) is 50.8 Å². The Kier molecular flexibility index (Phi) is 4.78. The average Bonchev–Trinajstić information content (AvgIpc) is 3.21. The first kappa shape index (κ1) is 17.0. The molecule has 2 atom stereocenters. The standard InChI is InChI=1S/C20H29N3O2/c1-16(24)23-9-7-20(15-23)14-22(10-17-5-6-17)11-18(20)12-25-13-19-4-2-3-8-21-19/h2-4,8,17-18H,5-7,9-15H2,1H3/t18-,20-/m1/s1. The third kappa shape index (κ3) is 3.87. The van der Waals surface area contributed by atoms with Crippen molar-refractivity contribution in [1.29, 1.82) is 0 Å². The van der Waals surface area contributed by atoms with Gasteiger partial charge in [0.15, 0.2) is 0 Å². The smallest absolute Gasteiger partial charge is 0.219 e. The molecule has 5 nitrogen and oxygen atoms in total. The van der Waals surface area contributed by atoms with Crippen molar-refractivity contribution < 1.29 is 9.53 Å². The van der Waals surface area contributed by atoms with Crippen molar-refractivity contribution in [3.8, 4) is 0 Å².